The Bertz CT molecular complexity index is 605. The molecule has 0 atom stereocenters. The molecule has 19 heavy (non-hydrogen) atoms. The molecule has 1 heterocycles. The van der Waals surface area contributed by atoms with Crippen molar-refractivity contribution in [2.24, 2.45) is 0 Å². The molecule has 0 aliphatic rings. The van der Waals surface area contributed by atoms with Crippen LogP contribution in [0, 0.1) is 19.7 Å². The zero-order valence-corrected chi connectivity index (χ0v) is 11.1. The van der Waals surface area contributed by atoms with Gasteiger partial charge in [-0.3, -0.25) is 9.78 Å². The van der Waals surface area contributed by atoms with E-state index in [4.69, 9.17) is 0 Å². The lowest BCUT2D eigenvalue weighted by atomic mass is 10.1. The minimum absolute atomic E-state index is 0.0247. The number of carbonyl (C=O) groups is 1. The molecule has 0 N–H and O–H groups in total. The summed E-state index contributed by atoms with van der Waals surface area (Å²) >= 11 is 0. The molecule has 0 aliphatic heterocycles. The van der Waals surface area contributed by atoms with Crippen LogP contribution in [0.2, 0.25) is 0 Å². The molecule has 2 aromatic rings. The first-order valence-electron chi connectivity index (χ1n) is 5.95. The number of rotatable bonds is 2. The van der Waals surface area contributed by atoms with Gasteiger partial charge in [-0.25, -0.2) is 4.39 Å². The molecule has 2 rings (SSSR count). The van der Waals surface area contributed by atoms with Gasteiger partial charge in [-0.1, -0.05) is 6.07 Å². The predicted octanol–water partition coefficient (Wildman–Crippen LogP) is 3.11. The summed E-state index contributed by atoms with van der Waals surface area (Å²) < 4.78 is 13.6. The highest BCUT2D eigenvalue weighted by Gasteiger charge is 2.17. The van der Waals surface area contributed by atoms with Crippen LogP contribution >= 0.6 is 0 Å². The number of aryl methyl sites for hydroxylation is 2. The average Bonchev–Trinajstić information content (AvgIpc) is 2.36. The van der Waals surface area contributed by atoms with Gasteiger partial charge in [0.15, 0.2) is 5.82 Å². The second-order valence-electron chi connectivity index (χ2n) is 4.57. The zero-order valence-electron chi connectivity index (χ0n) is 11.1. The Morgan fingerprint density at radius 3 is 2.42 bits per heavy atom. The Morgan fingerprint density at radius 1 is 1.21 bits per heavy atom. The Labute approximate surface area is 111 Å². The highest BCUT2D eigenvalue weighted by Crippen LogP contribution is 2.20. The summed E-state index contributed by atoms with van der Waals surface area (Å²) in [7, 11) is 1.64. The Kier molecular flexibility index (Phi) is 3.60. The second kappa shape index (κ2) is 5.18. The Hall–Kier alpha value is -2.23. The van der Waals surface area contributed by atoms with Crippen molar-refractivity contribution in [2.45, 2.75) is 13.8 Å². The molecule has 1 aromatic heterocycles. The molecular weight excluding hydrogens is 243 g/mol. The van der Waals surface area contributed by atoms with Gasteiger partial charge in [0.25, 0.3) is 5.91 Å². The van der Waals surface area contributed by atoms with Crippen molar-refractivity contribution in [2.75, 3.05) is 11.9 Å². The minimum Gasteiger partial charge on any atom is -0.311 e. The lowest BCUT2D eigenvalue weighted by molar-refractivity contribution is 0.0989. The number of benzene rings is 1. The number of aromatic nitrogens is 1. The first-order valence-corrected chi connectivity index (χ1v) is 5.95. The number of amides is 1. The molecule has 4 heteroatoms. The topological polar surface area (TPSA) is 33.2 Å². The van der Waals surface area contributed by atoms with Crippen LogP contribution in [0.1, 0.15) is 21.5 Å². The van der Waals surface area contributed by atoms with Crippen LogP contribution in [-0.2, 0) is 0 Å². The summed E-state index contributed by atoms with van der Waals surface area (Å²) in [5.41, 5.74) is 2.89. The van der Waals surface area contributed by atoms with E-state index >= 15 is 0 Å². The van der Waals surface area contributed by atoms with E-state index in [-0.39, 0.29) is 11.5 Å². The van der Waals surface area contributed by atoms with Crippen LogP contribution in [0.25, 0.3) is 0 Å². The molecule has 3 nitrogen and oxygen atoms in total. The Morgan fingerprint density at radius 2 is 1.84 bits per heavy atom. The van der Waals surface area contributed by atoms with Crippen molar-refractivity contribution < 1.29 is 9.18 Å². The van der Waals surface area contributed by atoms with E-state index in [1.165, 1.54) is 17.2 Å². The van der Waals surface area contributed by atoms with Crippen LogP contribution in [-0.4, -0.2) is 17.9 Å². The molecule has 0 aliphatic carbocycles. The van der Waals surface area contributed by atoms with Gasteiger partial charge in [-0.15, -0.1) is 0 Å². The highest BCUT2D eigenvalue weighted by atomic mass is 19.1. The molecule has 98 valence electrons. The average molecular weight is 258 g/mol. The normalized spacial score (nSPS) is 10.3. The van der Waals surface area contributed by atoms with Gasteiger partial charge in [0.1, 0.15) is 0 Å². The predicted molar refractivity (Wildman–Crippen MR) is 72.8 cm³/mol. The van der Waals surface area contributed by atoms with E-state index in [1.807, 2.05) is 32.0 Å². The van der Waals surface area contributed by atoms with E-state index in [1.54, 1.807) is 7.05 Å². The molecule has 1 amide bonds. The quantitative estimate of drug-likeness (QED) is 0.829. The van der Waals surface area contributed by atoms with Crippen LogP contribution in [0.15, 0.2) is 36.7 Å². The van der Waals surface area contributed by atoms with E-state index < -0.39 is 5.82 Å². The van der Waals surface area contributed by atoms with Gasteiger partial charge < -0.3 is 4.90 Å². The van der Waals surface area contributed by atoms with Gasteiger partial charge >= 0.3 is 0 Å². The lowest BCUT2D eigenvalue weighted by Crippen LogP contribution is -2.27. The largest absolute Gasteiger partial charge is 0.311 e. The van der Waals surface area contributed by atoms with Crippen molar-refractivity contribution >= 4 is 11.6 Å². The van der Waals surface area contributed by atoms with Crippen molar-refractivity contribution in [3.63, 3.8) is 0 Å². The fraction of sp³-hybridized carbons (Fsp3) is 0.200. The fourth-order valence-electron chi connectivity index (χ4n) is 1.99. The van der Waals surface area contributed by atoms with Crippen molar-refractivity contribution in [1.82, 2.24) is 4.98 Å². The summed E-state index contributed by atoms with van der Waals surface area (Å²) in [6, 6.07) is 7.19. The third kappa shape index (κ3) is 2.78. The SMILES string of the molecule is Cc1cc(C)cc(N(C)C(=O)c2ccncc2F)c1. The van der Waals surface area contributed by atoms with Gasteiger partial charge in [0.2, 0.25) is 0 Å². The number of nitrogens with zero attached hydrogens (tertiary/aromatic N) is 2. The van der Waals surface area contributed by atoms with E-state index in [0.29, 0.717) is 0 Å². The summed E-state index contributed by atoms with van der Waals surface area (Å²) in [6.45, 7) is 3.92. The number of halogens is 1. The van der Waals surface area contributed by atoms with Crippen molar-refractivity contribution in [1.29, 1.82) is 0 Å². The number of carbonyl (C=O) groups excluding carboxylic acids is 1. The van der Waals surface area contributed by atoms with E-state index in [9.17, 15) is 9.18 Å². The van der Waals surface area contributed by atoms with E-state index in [0.717, 1.165) is 23.0 Å². The molecule has 0 radical (unpaired) electrons. The maximum absolute atomic E-state index is 13.6. The summed E-state index contributed by atoms with van der Waals surface area (Å²) in [4.78, 5) is 17.3. The molecule has 0 spiro atoms. The maximum Gasteiger partial charge on any atom is 0.261 e. The van der Waals surface area contributed by atoms with Gasteiger partial charge in [-0.2, -0.15) is 0 Å². The van der Waals surface area contributed by atoms with Crippen molar-refractivity contribution in [3.8, 4) is 0 Å². The first kappa shape index (κ1) is 13.2. The minimum atomic E-state index is -0.608. The summed E-state index contributed by atoms with van der Waals surface area (Å²) in [6.07, 6.45) is 2.45. The molecule has 0 unspecified atom stereocenters. The maximum atomic E-state index is 13.6. The lowest BCUT2D eigenvalue weighted by Gasteiger charge is -2.18. The second-order valence-corrected chi connectivity index (χ2v) is 4.57. The molecule has 0 bridgehead atoms. The van der Waals surface area contributed by atoms with Gasteiger partial charge in [-0.05, 0) is 43.2 Å². The van der Waals surface area contributed by atoms with Crippen LogP contribution in [0.5, 0.6) is 0 Å². The number of hydrogen-bond acceptors (Lipinski definition) is 2. The fourth-order valence-corrected chi connectivity index (χ4v) is 1.99. The van der Waals surface area contributed by atoms with Crippen LogP contribution in [0.4, 0.5) is 10.1 Å². The summed E-state index contributed by atoms with van der Waals surface area (Å²) in [5, 5.41) is 0. The zero-order chi connectivity index (χ0) is 14.0. The monoisotopic (exact) mass is 258 g/mol. The highest BCUT2D eigenvalue weighted by molar-refractivity contribution is 6.05. The van der Waals surface area contributed by atoms with Crippen LogP contribution < -0.4 is 4.90 Å². The number of hydrogen-bond donors (Lipinski definition) is 0. The summed E-state index contributed by atoms with van der Waals surface area (Å²) in [5.74, 6) is -0.992. The van der Waals surface area contributed by atoms with E-state index in [2.05, 4.69) is 4.98 Å². The molecule has 0 saturated heterocycles. The molecule has 0 saturated carbocycles. The Balaban J connectivity index is 2.36. The first-order chi connectivity index (χ1) is 8.99. The third-order valence-corrected chi connectivity index (χ3v) is 2.90. The molecular formula is C15H15FN2O. The van der Waals surface area contributed by atoms with Gasteiger partial charge in [0, 0.05) is 18.9 Å². The number of anilines is 1. The van der Waals surface area contributed by atoms with Gasteiger partial charge in [0.05, 0.1) is 11.8 Å². The number of pyridine rings is 1. The molecule has 0 fully saturated rings. The smallest absolute Gasteiger partial charge is 0.261 e. The third-order valence-electron chi connectivity index (χ3n) is 2.90. The standard InChI is InChI=1S/C15H15FN2O/c1-10-6-11(2)8-12(7-10)18(3)15(19)13-4-5-17-9-14(13)16/h4-9H,1-3H3. The van der Waals surface area contributed by atoms with Crippen LogP contribution in [0.3, 0.4) is 0 Å². The molecule has 1 aromatic carbocycles. The van der Waals surface area contributed by atoms with Crippen molar-refractivity contribution in [3.05, 3.63) is 59.2 Å².